The molecule has 186 valence electrons. The number of nitrogens with one attached hydrogen (secondary N) is 1. The van der Waals surface area contributed by atoms with Crippen molar-refractivity contribution in [3.05, 3.63) is 59.8 Å². The maximum absolute atomic E-state index is 13.6. The monoisotopic (exact) mass is 480 g/mol. The summed E-state index contributed by atoms with van der Waals surface area (Å²) in [6, 6.07) is 12.3. The van der Waals surface area contributed by atoms with Crippen molar-refractivity contribution in [2.45, 2.75) is 58.1 Å². The van der Waals surface area contributed by atoms with Gasteiger partial charge in [-0.2, -0.15) is 0 Å². The molecular weight excluding hydrogens is 448 g/mol. The summed E-state index contributed by atoms with van der Waals surface area (Å²) in [5.41, 5.74) is 2.10. The number of benzene rings is 2. The molecule has 2 aromatic carbocycles. The van der Waals surface area contributed by atoms with Gasteiger partial charge in [-0.05, 0) is 48.6 Å². The van der Waals surface area contributed by atoms with Gasteiger partial charge in [0.15, 0.2) is 11.5 Å². The Kier molecular flexibility index (Phi) is 7.31. The quantitative estimate of drug-likeness (QED) is 0.415. The first-order valence-electron chi connectivity index (χ1n) is 12.0. The fourth-order valence-corrected chi connectivity index (χ4v) is 4.94. The van der Waals surface area contributed by atoms with Gasteiger partial charge < -0.3 is 25.0 Å². The summed E-state index contributed by atoms with van der Waals surface area (Å²) >= 11 is 0. The van der Waals surface area contributed by atoms with Crippen molar-refractivity contribution >= 4 is 22.9 Å². The van der Waals surface area contributed by atoms with Gasteiger partial charge >= 0.3 is 6.09 Å². The van der Waals surface area contributed by atoms with E-state index in [9.17, 15) is 19.8 Å². The van der Waals surface area contributed by atoms with E-state index in [-0.39, 0.29) is 24.7 Å². The van der Waals surface area contributed by atoms with Gasteiger partial charge in [-0.3, -0.25) is 9.36 Å². The summed E-state index contributed by atoms with van der Waals surface area (Å²) in [5.74, 6) is 0.0784. The van der Waals surface area contributed by atoms with Crippen LogP contribution in [0.2, 0.25) is 0 Å². The average Bonchev–Trinajstić information content (AvgIpc) is 3.44. The SMILES string of the molecule is CCC(CC)C(O)C(C(=O)N[C@H](C)Cc1cn(C(=O)O)c2ccccc12)c1ccc2c(c1)OCO2. The zero-order valence-corrected chi connectivity index (χ0v) is 20.2. The maximum atomic E-state index is 13.6. The van der Waals surface area contributed by atoms with E-state index in [1.807, 2.05) is 32.9 Å². The predicted molar refractivity (Wildman–Crippen MR) is 132 cm³/mol. The van der Waals surface area contributed by atoms with Gasteiger partial charge in [0.1, 0.15) is 0 Å². The van der Waals surface area contributed by atoms with E-state index in [0.29, 0.717) is 29.0 Å². The predicted octanol–water partition coefficient (Wildman–Crippen LogP) is 4.52. The number of hydrogen-bond acceptors (Lipinski definition) is 5. The van der Waals surface area contributed by atoms with Crippen LogP contribution >= 0.6 is 0 Å². The molecule has 3 atom stereocenters. The lowest BCUT2D eigenvalue weighted by molar-refractivity contribution is -0.126. The fourth-order valence-electron chi connectivity index (χ4n) is 4.94. The minimum Gasteiger partial charge on any atom is -0.464 e. The van der Waals surface area contributed by atoms with Crippen LogP contribution in [0, 0.1) is 5.92 Å². The highest BCUT2D eigenvalue weighted by atomic mass is 16.7. The number of para-hydroxylation sites is 1. The normalized spacial score (nSPS) is 15.2. The average molecular weight is 481 g/mol. The topological polar surface area (TPSA) is 110 Å². The van der Waals surface area contributed by atoms with E-state index < -0.39 is 18.1 Å². The van der Waals surface area contributed by atoms with Crippen molar-refractivity contribution in [3.8, 4) is 11.5 Å². The van der Waals surface area contributed by atoms with Gasteiger partial charge in [0.05, 0.1) is 17.5 Å². The molecule has 1 aromatic heterocycles. The highest BCUT2D eigenvalue weighted by Crippen LogP contribution is 2.37. The van der Waals surface area contributed by atoms with Crippen molar-refractivity contribution in [1.29, 1.82) is 0 Å². The van der Waals surface area contributed by atoms with Gasteiger partial charge in [-0.1, -0.05) is 51.0 Å². The van der Waals surface area contributed by atoms with Crippen LogP contribution in [-0.4, -0.2) is 45.7 Å². The van der Waals surface area contributed by atoms with Crippen molar-refractivity contribution in [3.63, 3.8) is 0 Å². The van der Waals surface area contributed by atoms with Gasteiger partial charge in [0, 0.05) is 17.6 Å². The highest BCUT2D eigenvalue weighted by molar-refractivity contribution is 5.91. The van der Waals surface area contributed by atoms with Crippen LogP contribution in [0.5, 0.6) is 11.5 Å². The van der Waals surface area contributed by atoms with E-state index in [1.165, 1.54) is 4.57 Å². The Bertz CT molecular complexity index is 1220. The van der Waals surface area contributed by atoms with Crippen LogP contribution in [0.15, 0.2) is 48.7 Å². The lowest BCUT2D eigenvalue weighted by Crippen LogP contribution is -2.43. The highest BCUT2D eigenvalue weighted by Gasteiger charge is 2.34. The van der Waals surface area contributed by atoms with Crippen LogP contribution in [-0.2, 0) is 11.2 Å². The van der Waals surface area contributed by atoms with E-state index in [4.69, 9.17) is 9.47 Å². The number of amides is 1. The number of carbonyl (C=O) groups is 2. The maximum Gasteiger partial charge on any atom is 0.416 e. The second-order valence-electron chi connectivity index (χ2n) is 9.10. The number of carbonyl (C=O) groups excluding carboxylic acids is 1. The molecular formula is C27H32N2O6. The van der Waals surface area contributed by atoms with E-state index in [1.54, 1.807) is 36.5 Å². The Labute approximate surface area is 204 Å². The number of carboxylic acid groups (broad SMARTS) is 1. The largest absolute Gasteiger partial charge is 0.464 e. The fraction of sp³-hybridized carbons (Fsp3) is 0.407. The molecule has 0 bridgehead atoms. The smallest absolute Gasteiger partial charge is 0.416 e. The second-order valence-corrected chi connectivity index (χ2v) is 9.10. The van der Waals surface area contributed by atoms with Gasteiger partial charge in [-0.25, -0.2) is 4.79 Å². The summed E-state index contributed by atoms with van der Waals surface area (Å²) in [7, 11) is 0. The molecule has 1 aliphatic rings. The summed E-state index contributed by atoms with van der Waals surface area (Å²) in [5, 5.41) is 24.7. The molecule has 2 unspecified atom stereocenters. The molecule has 4 rings (SSSR count). The first kappa shape index (κ1) is 24.6. The van der Waals surface area contributed by atoms with Gasteiger partial charge in [-0.15, -0.1) is 0 Å². The molecule has 0 fully saturated rings. The number of nitrogens with zero attached hydrogens (tertiary/aromatic N) is 1. The molecule has 0 saturated carbocycles. The van der Waals surface area contributed by atoms with Crippen molar-refractivity contribution in [2.24, 2.45) is 5.92 Å². The van der Waals surface area contributed by atoms with Crippen molar-refractivity contribution < 1.29 is 29.3 Å². The lowest BCUT2D eigenvalue weighted by atomic mass is 9.82. The zero-order chi connectivity index (χ0) is 25.1. The van der Waals surface area contributed by atoms with E-state index in [2.05, 4.69) is 5.32 Å². The molecule has 2 heterocycles. The van der Waals surface area contributed by atoms with Crippen LogP contribution in [0.25, 0.3) is 10.9 Å². The molecule has 1 aliphatic heterocycles. The molecule has 8 nitrogen and oxygen atoms in total. The summed E-state index contributed by atoms with van der Waals surface area (Å²) in [4.78, 5) is 25.2. The Hall–Kier alpha value is -3.52. The summed E-state index contributed by atoms with van der Waals surface area (Å²) in [6.45, 7) is 6.02. The third kappa shape index (κ3) is 4.98. The molecule has 0 radical (unpaired) electrons. The summed E-state index contributed by atoms with van der Waals surface area (Å²) in [6.07, 6.45) is 1.62. The standard InChI is InChI=1S/C27H32N2O6/c1-4-17(5-2)25(30)24(18-10-11-22-23(13-18)35-15-34-22)26(31)28-16(3)12-19-14-29(27(32)33)21-9-7-6-8-20(19)21/h6-11,13-14,16-17,24-25,30H,4-5,12,15H2,1-3H3,(H,28,31)(H,32,33)/t16-,24?,25?/m1/s1. The number of ether oxygens (including phenoxy) is 2. The van der Waals surface area contributed by atoms with Crippen molar-refractivity contribution in [2.75, 3.05) is 6.79 Å². The minimum absolute atomic E-state index is 0.0416. The lowest BCUT2D eigenvalue weighted by Gasteiger charge is -2.29. The zero-order valence-electron chi connectivity index (χ0n) is 20.2. The molecule has 3 aromatic rings. The molecule has 35 heavy (non-hydrogen) atoms. The molecule has 3 N–H and O–H groups in total. The molecule has 8 heteroatoms. The molecule has 0 spiro atoms. The molecule has 1 amide bonds. The minimum atomic E-state index is -1.06. The van der Waals surface area contributed by atoms with Crippen LogP contribution < -0.4 is 14.8 Å². The number of aliphatic hydroxyl groups is 1. The van der Waals surface area contributed by atoms with Gasteiger partial charge in [0.2, 0.25) is 12.7 Å². The molecule has 0 saturated heterocycles. The number of hydrogen-bond donors (Lipinski definition) is 3. The first-order valence-corrected chi connectivity index (χ1v) is 12.0. The number of fused-ring (bicyclic) bond motifs is 2. The van der Waals surface area contributed by atoms with Crippen LogP contribution in [0.3, 0.4) is 0 Å². The number of aliphatic hydroxyl groups excluding tert-OH is 1. The Morgan fingerprint density at radius 1 is 1.09 bits per heavy atom. The first-order chi connectivity index (χ1) is 16.8. The number of rotatable bonds is 9. The van der Waals surface area contributed by atoms with E-state index >= 15 is 0 Å². The molecule has 0 aliphatic carbocycles. The Balaban J connectivity index is 1.58. The summed E-state index contributed by atoms with van der Waals surface area (Å²) < 4.78 is 12.1. The van der Waals surface area contributed by atoms with Crippen LogP contribution in [0.4, 0.5) is 4.79 Å². The van der Waals surface area contributed by atoms with Gasteiger partial charge in [0.25, 0.3) is 0 Å². The Morgan fingerprint density at radius 3 is 2.51 bits per heavy atom. The van der Waals surface area contributed by atoms with E-state index in [0.717, 1.165) is 23.8 Å². The van der Waals surface area contributed by atoms with Crippen molar-refractivity contribution in [1.82, 2.24) is 9.88 Å². The second kappa shape index (κ2) is 10.4. The van der Waals surface area contributed by atoms with Crippen LogP contribution in [0.1, 0.15) is 50.7 Å². The third-order valence-corrected chi connectivity index (χ3v) is 6.83. The third-order valence-electron chi connectivity index (χ3n) is 6.83. The number of aromatic nitrogens is 1. The Morgan fingerprint density at radius 2 is 1.80 bits per heavy atom.